The number of carbonyl (C=O) groups is 3. The maximum Gasteiger partial charge on any atom is 1.00 e. The minimum Gasteiger partial charge on any atom is -0.543 e. The molecule has 2 aromatic rings. The molecule has 4 N–H and O–H groups in total. The van der Waals surface area contributed by atoms with Gasteiger partial charge < -0.3 is 26.2 Å². The molecule has 0 radical (unpaired) electrons. The van der Waals surface area contributed by atoms with Gasteiger partial charge in [-0.3, -0.25) is 14.5 Å². The van der Waals surface area contributed by atoms with E-state index in [0.717, 1.165) is 33.7 Å². The Labute approximate surface area is 225 Å². The maximum atomic E-state index is 12.7. The van der Waals surface area contributed by atoms with E-state index in [1.807, 2.05) is 0 Å². The number of aliphatic carboxylic acids is 1. The molecule has 2 aliphatic rings. The van der Waals surface area contributed by atoms with E-state index in [1.165, 1.54) is 28.9 Å². The van der Waals surface area contributed by atoms with Crippen LogP contribution in [-0.2, 0) is 20.8 Å². The second-order valence-electron chi connectivity index (χ2n) is 6.44. The quantitative estimate of drug-likeness (QED) is 0.0986. The molecule has 2 amide bonds. The number of nitrogens with two attached hydrogens (primary N) is 1. The topological polar surface area (TPSA) is 187 Å². The third-order valence-electron chi connectivity index (χ3n) is 4.53. The van der Waals surface area contributed by atoms with E-state index < -0.39 is 34.9 Å². The fourth-order valence-corrected chi connectivity index (χ4v) is 6.70. The Morgan fingerprint density at radius 2 is 2.24 bits per heavy atom. The second-order valence-corrected chi connectivity index (χ2v) is 10.2. The SMILES string of the molecule is Nc1nc(/C(=N/O)C(=O)N[C@@H]2C(=O)N3C(C(=O)[O-])=C(SCCc4cnsn4)CS[C@H]23)cs1.[Na+]. The van der Waals surface area contributed by atoms with Gasteiger partial charge in [-0.1, -0.05) is 5.16 Å². The molecule has 1 fully saturated rings. The van der Waals surface area contributed by atoms with Crippen LogP contribution >= 0.6 is 46.6 Å². The number of anilines is 1. The van der Waals surface area contributed by atoms with Gasteiger partial charge >= 0.3 is 29.6 Å². The molecule has 0 aromatic carbocycles. The van der Waals surface area contributed by atoms with E-state index in [4.69, 9.17) is 5.73 Å². The summed E-state index contributed by atoms with van der Waals surface area (Å²) in [5, 5.41) is 27.5. The molecule has 33 heavy (non-hydrogen) atoms. The number of hydrogen-bond acceptors (Lipinski definition) is 14. The number of rotatable bonds is 8. The molecule has 0 aliphatic carbocycles. The number of thiazole rings is 1. The average Bonchev–Trinajstić information content (AvgIpc) is 3.44. The van der Waals surface area contributed by atoms with Gasteiger partial charge in [0.1, 0.15) is 17.1 Å². The molecule has 0 saturated carbocycles. The van der Waals surface area contributed by atoms with Crippen molar-refractivity contribution >= 4 is 75.2 Å². The van der Waals surface area contributed by atoms with E-state index in [1.54, 1.807) is 6.20 Å². The van der Waals surface area contributed by atoms with E-state index >= 15 is 0 Å². The largest absolute Gasteiger partial charge is 1.00 e. The van der Waals surface area contributed by atoms with Crippen molar-refractivity contribution in [3.05, 3.63) is 33.6 Å². The van der Waals surface area contributed by atoms with Crippen LogP contribution in [0.1, 0.15) is 11.4 Å². The second kappa shape index (κ2) is 11.2. The summed E-state index contributed by atoms with van der Waals surface area (Å²) in [7, 11) is 0. The molecule has 2 atom stereocenters. The minimum atomic E-state index is -1.46. The zero-order chi connectivity index (χ0) is 22.8. The number of oxime groups is 1. The summed E-state index contributed by atoms with van der Waals surface area (Å²) >= 11 is 4.80. The number of carbonyl (C=O) groups excluding carboxylic acids is 3. The summed E-state index contributed by atoms with van der Waals surface area (Å²) < 4.78 is 8.03. The molecule has 17 heteroatoms. The van der Waals surface area contributed by atoms with Crippen molar-refractivity contribution in [2.45, 2.75) is 17.8 Å². The average molecular weight is 536 g/mol. The van der Waals surface area contributed by atoms with E-state index in [0.29, 0.717) is 22.8 Å². The van der Waals surface area contributed by atoms with Gasteiger partial charge in [0.2, 0.25) is 0 Å². The Morgan fingerprint density at radius 3 is 2.85 bits per heavy atom. The molecular formula is C16H14N7NaO5S4. The van der Waals surface area contributed by atoms with Crippen LogP contribution in [0.5, 0.6) is 0 Å². The summed E-state index contributed by atoms with van der Waals surface area (Å²) in [6.07, 6.45) is 2.26. The number of β-lactam (4-membered cyclic amide) rings is 1. The predicted octanol–water partition coefficient (Wildman–Crippen LogP) is -3.90. The number of nitrogen functional groups attached to an aromatic ring is 1. The van der Waals surface area contributed by atoms with Gasteiger partial charge in [0.05, 0.1) is 35.3 Å². The minimum absolute atomic E-state index is 0. The summed E-state index contributed by atoms with van der Waals surface area (Å²) in [6, 6.07) is -0.984. The van der Waals surface area contributed by atoms with E-state index in [2.05, 4.69) is 24.2 Å². The number of carboxylic acid groups (broad SMARTS) is 1. The Kier molecular flexibility index (Phi) is 8.76. The molecular weight excluding hydrogens is 521 g/mol. The van der Waals surface area contributed by atoms with Gasteiger partial charge in [-0.25, -0.2) is 4.98 Å². The third kappa shape index (κ3) is 5.36. The smallest absolute Gasteiger partial charge is 0.543 e. The molecule has 0 unspecified atom stereocenters. The van der Waals surface area contributed by atoms with Gasteiger partial charge in [-0.05, 0) is 0 Å². The zero-order valence-electron chi connectivity index (χ0n) is 17.0. The fourth-order valence-electron chi connectivity index (χ4n) is 3.08. The first kappa shape index (κ1) is 25.9. The Hall–Kier alpha value is -1.69. The van der Waals surface area contributed by atoms with Gasteiger partial charge in [0.15, 0.2) is 10.8 Å². The van der Waals surface area contributed by atoms with Crippen LogP contribution in [0.3, 0.4) is 0 Å². The number of amides is 2. The van der Waals surface area contributed by atoms with Crippen molar-refractivity contribution in [3.63, 3.8) is 0 Å². The van der Waals surface area contributed by atoms with Gasteiger partial charge in [0, 0.05) is 28.2 Å². The van der Waals surface area contributed by atoms with E-state index in [9.17, 15) is 24.7 Å². The molecule has 4 heterocycles. The van der Waals surface area contributed by atoms with Crippen molar-refractivity contribution in [1.29, 1.82) is 0 Å². The number of hydrogen-bond donors (Lipinski definition) is 3. The van der Waals surface area contributed by atoms with Gasteiger partial charge in [-0.2, -0.15) is 8.75 Å². The van der Waals surface area contributed by atoms with Gasteiger partial charge in [0.25, 0.3) is 11.8 Å². The summed E-state index contributed by atoms with van der Waals surface area (Å²) in [6.45, 7) is 0. The van der Waals surface area contributed by atoms with Crippen molar-refractivity contribution in [2.24, 2.45) is 5.16 Å². The Balaban J connectivity index is 0.00000306. The van der Waals surface area contributed by atoms with Crippen molar-refractivity contribution in [3.8, 4) is 0 Å². The number of thioether (sulfide) groups is 2. The van der Waals surface area contributed by atoms with Crippen LogP contribution in [0.4, 0.5) is 5.13 Å². The first-order valence-electron chi connectivity index (χ1n) is 8.93. The number of nitrogens with one attached hydrogen (secondary N) is 1. The molecule has 168 valence electrons. The molecule has 2 aromatic heterocycles. The van der Waals surface area contributed by atoms with Crippen LogP contribution in [0.15, 0.2) is 27.3 Å². The number of carboxylic acids is 1. The molecule has 1 saturated heterocycles. The van der Waals surface area contributed by atoms with Crippen LogP contribution in [0.2, 0.25) is 0 Å². The molecule has 0 bridgehead atoms. The number of aryl methyl sites for hydroxylation is 1. The van der Waals surface area contributed by atoms with Crippen LogP contribution < -0.4 is 45.7 Å². The first-order valence-corrected chi connectivity index (χ1v) is 12.6. The fraction of sp³-hybridized carbons (Fsp3) is 0.312. The number of nitrogens with zero attached hydrogens (tertiary/aromatic N) is 5. The Bertz CT molecular complexity index is 1120. The zero-order valence-corrected chi connectivity index (χ0v) is 22.2. The normalized spacial score (nSPS) is 20.1. The monoisotopic (exact) mass is 535 g/mol. The third-order valence-corrected chi connectivity index (χ3v) is 8.28. The summed E-state index contributed by atoms with van der Waals surface area (Å²) in [4.78, 5) is 42.6. The van der Waals surface area contributed by atoms with Crippen LogP contribution in [0, 0.1) is 0 Å². The summed E-state index contributed by atoms with van der Waals surface area (Å²) in [5.41, 5.74) is 5.83. The van der Waals surface area contributed by atoms with Crippen LogP contribution in [-0.4, -0.2) is 70.3 Å². The Morgan fingerprint density at radius 1 is 1.45 bits per heavy atom. The summed E-state index contributed by atoms with van der Waals surface area (Å²) in [5.74, 6) is -1.97. The van der Waals surface area contributed by atoms with Gasteiger partial charge in [-0.15, -0.1) is 34.9 Å². The molecule has 2 aliphatic heterocycles. The number of aromatic nitrogens is 3. The number of fused-ring (bicyclic) bond motifs is 1. The van der Waals surface area contributed by atoms with Crippen LogP contribution in [0.25, 0.3) is 0 Å². The van der Waals surface area contributed by atoms with E-state index in [-0.39, 0.29) is 46.1 Å². The van der Waals surface area contributed by atoms with Crippen molar-refractivity contribution in [2.75, 3.05) is 17.2 Å². The molecule has 0 spiro atoms. The molecule has 4 rings (SSSR count). The van der Waals surface area contributed by atoms with Crippen molar-refractivity contribution in [1.82, 2.24) is 23.9 Å². The van der Waals surface area contributed by atoms with Crippen molar-refractivity contribution < 1.29 is 54.3 Å². The molecule has 12 nitrogen and oxygen atoms in total. The predicted molar refractivity (Wildman–Crippen MR) is 118 cm³/mol. The standard InChI is InChI=1S/C16H15N7O5S4.Na/c17-16-19-7(4-31-16)9(21-28)12(24)20-10-13(25)23-11(15(26)27)8(5-30-14(10)23)29-2-1-6-3-18-32-22-6;/h3-4,10,14,28H,1-2,5H2,(H2,17,19)(H,20,24)(H,26,27);/q;+1/p-1/b21-9-;/t10-,14-;/m1./s1. The maximum absolute atomic E-state index is 12.7. The first-order chi connectivity index (χ1) is 15.4.